The Hall–Kier alpha value is -3.53. The Morgan fingerprint density at radius 2 is 1.84 bits per heavy atom. The number of hydrogen-bond donors (Lipinski definition) is 2. The normalized spacial score (nSPS) is 11.1. The molecule has 0 fully saturated rings. The minimum Gasteiger partial charge on any atom is -0.493 e. The Morgan fingerprint density at radius 1 is 1.09 bits per heavy atom. The van der Waals surface area contributed by atoms with Gasteiger partial charge in [0.1, 0.15) is 5.76 Å². The Labute approximate surface area is 186 Å². The molecule has 3 rings (SSSR count). The summed E-state index contributed by atoms with van der Waals surface area (Å²) in [6.07, 6.45) is 0.770. The van der Waals surface area contributed by atoms with Crippen LogP contribution in [0, 0.1) is 6.92 Å². The smallest absolute Gasteiger partial charge is 0.263 e. The van der Waals surface area contributed by atoms with Crippen LogP contribution in [0.1, 0.15) is 24.7 Å². The Balaban J connectivity index is 1.56. The third-order valence-corrected chi connectivity index (χ3v) is 5.85. The first-order valence-electron chi connectivity index (χ1n) is 9.96. The number of methoxy groups -OCH3 is 1. The van der Waals surface area contributed by atoms with E-state index in [0.717, 1.165) is 5.56 Å². The van der Waals surface area contributed by atoms with Crippen LogP contribution in [-0.4, -0.2) is 33.2 Å². The number of aryl methyl sites for hydroxylation is 2. The highest BCUT2D eigenvalue weighted by Gasteiger charge is 2.16. The van der Waals surface area contributed by atoms with Gasteiger partial charge < -0.3 is 19.3 Å². The highest BCUT2D eigenvalue weighted by Crippen LogP contribution is 2.28. The average molecular weight is 460 g/mol. The summed E-state index contributed by atoms with van der Waals surface area (Å²) >= 11 is 0. The summed E-state index contributed by atoms with van der Waals surface area (Å²) in [5.41, 5.74) is 1.44. The molecule has 1 aromatic heterocycles. The van der Waals surface area contributed by atoms with Gasteiger partial charge in [0.25, 0.3) is 10.0 Å². The number of carbonyl (C=O) groups excluding carboxylic acids is 1. The summed E-state index contributed by atoms with van der Waals surface area (Å²) in [5.74, 6) is 1.68. The fraction of sp³-hybridized carbons (Fsp3) is 0.273. The van der Waals surface area contributed by atoms with E-state index in [1.807, 2.05) is 25.1 Å². The first-order valence-corrected chi connectivity index (χ1v) is 11.4. The molecule has 1 amide bonds. The second-order valence-corrected chi connectivity index (χ2v) is 8.60. The third kappa shape index (κ3) is 6.01. The number of ether oxygens (including phenoxy) is 2. The van der Waals surface area contributed by atoms with E-state index in [-0.39, 0.29) is 23.0 Å². The summed E-state index contributed by atoms with van der Waals surface area (Å²) in [4.78, 5) is 12.4. The van der Waals surface area contributed by atoms with Gasteiger partial charge in [-0.3, -0.25) is 9.52 Å². The number of aromatic nitrogens is 1. The van der Waals surface area contributed by atoms with Gasteiger partial charge in [0.15, 0.2) is 17.3 Å². The second kappa shape index (κ2) is 10.2. The van der Waals surface area contributed by atoms with Gasteiger partial charge in [0.2, 0.25) is 5.91 Å². The van der Waals surface area contributed by atoms with Gasteiger partial charge in [-0.05, 0) is 62.2 Å². The standard InChI is InChI=1S/C22H25N3O6S/c1-4-30-19-11-5-16(14-20(19)29-3)6-12-22(26)23-17-7-9-18(10-8-17)32(27,28)25-21-13-15(2)31-24-21/h5,7-11,13-14H,4,6,12H2,1-3H3,(H,23,26)(H,24,25). The predicted molar refractivity (Wildman–Crippen MR) is 120 cm³/mol. The van der Waals surface area contributed by atoms with E-state index in [0.29, 0.717) is 36.0 Å². The molecule has 32 heavy (non-hydrogen) atoms. The Morgan fingerprint density at radius 3 is 2.47 bits per heavy atom. The summed E-state index contributed by atoms with van der Waals surface area (Å²) in [7, 11) is -2.24. The van der Waals surface area contributed by atoms with Crippen molar-refractivity contribution in [3.05, 3.63) is 59.9 Å². The van der Waals surface area contributed by atoms with E-state index >= 15 is 0 Å². The first-order chi connectivity index (χ1) is 15.3. The minimum atomic E-state index is -3.81. The summed E-state index contributed by atoms with van der Waals surface area (Å²) < 4.78 is 42.9. The largest absolute Gasteiger partial charge is 0.493 e. The summed E-state index contributed by atoms with van der Waals surface area (Å²) in [6, 6.07) is 12.9. The first kappa shape index (κ1) is 23.1. The molecule has 0 unspecified atom stereocenters. The number of sulfonamides is 1. The maximum atomic E-state index is 12.4. The summed E-state index contributed by atoms with van der Waals surface area (Å²) in [5, 5.41) is 6.38. The minimum absolute atomic E-state index is 0.0395. The average Bonchev–Trinajstić information content (AvgIpc) is 3.17. The van der Waals surface area contributed by atoms with E-state index in [1.165, 1.54) is 30.3 Å². The molecule has 0 radical (unpaired) electrons. The lowest BCUT2D eigenvalue weighted by atomic mass is 10.1. The van der Waals surface area contributed by atoms with Crippen molar-refractivity contribution in [2.45, 2.75) is 31.6 Å². The van der Waals surface area contributed by atoms with Gasteiger partial charge in [0, 0.05) is 18.2 Å². The molecule has 0 aliphatic rings. The van der Waals surface area contributed by atoms with E-state index in [4.69, 9.17) is 14.0 Å². The van der Waals surface area contributed by atoms with Crippen LogP contribution in [-0.2, 0) is 21.2 Å². The highest BCUT2D eigenvalue weighted by atomic mass is 32.2. The van der Waals surface area contributed by atoms with E-state index in [9.17, 15) is 13.2 Å². The molecule has 0 bridgehead atoms. The number of anilines is 2. The van der Waals surface area contributed by atoms with Crippen LogP contribution in [0.3, 0.4) is 0 Å². The van der Waals surface area contributed by atoms with Gasteiger partial charge in [-0.2, -0.15) is 0 Å². The lowest BCUT2D eigenvalue weighted by molar-refractivity contribution is -0.116. The molecule has 3 aromatic rings. The molecule has 1 heterocycles. The van der Waals surface area contributed by atoms with Crippen LogP contribution in [0.4, 0.5) is 11.5 Å². The molecule has 0 atom stereocenters. The maximum absolute atomic E-state index is 12.4. The number of nitrogens with zero attached hydrogens (tertiary/aromatic N) is 1. The molecule has 0 spiro atoms. The Bertz CT molecular complexity index is 1170. The molecule has 9 nitrogen and oxygen atoms in total. The van der Waals surface area contributed by atoms with Crippen LogP contribution >= 0.6 is 0 Å². The zero-order valence-electron chi connectivity index (χ0n) is 18.0. The van der Waals surface area contributed by atoms with Crippen molar-refractivity contribution in [3.8, 4) is 11.5 Å². The van der Waals surface area contributed by atoms with Crippen LogP contribution < -0.4 is 19.5 Å². The number of hydrogen-bond acceptors (Lipinski definition) is 7. The fourth-order valence-corrected chi connectivity index (χ4v) is 3.94. The molecular weight excluding hydrogens is 434 g/mol. The molecule has 10 heteroatoms. The van der Waals surface area contributed by atoms with Crippen molar-refractivity contribution >= 4 is 27.4 Å². The van der Waals surface area contributed by atoms with Gasteiger partial charge in [-0.15, -0.1) is 0 Å². The van der Waals surface area contributed by atoms with Crippen LogP contribution in [0.15, 0.2) is 57.9 Å². The van der Waals surface area contributed by atoms with Gasteiger partial charge in [0.05, 0.1) is 18.6 Å². The van der Waals surface area contributed by atoms with Crippen LogP contribution in [0.25, 0.3) is 0 Å². The van der Waals surface area contributed by atoms with Crippen molar-refractivity contribution in [2.24, 2.45) is 0 Å². The molecule has 0 saturated carbocycles. The van der Waals surface area contributed by atoms with Gasteiger partial charge >= 0.3 is 0 Å². The number of rotatable bonds is 10. The topological polar surface area (TPSA) is 120 Å². The predicted octanol–water partition coefficient (Wildman–Crippen LogP) is 3.76. The maximum Gasteiger partial charge on any atom is 0.263 e. The second-order valence-electron chi connectivity index (χ2n) is 6.92. The van der Waals surface area contributed by atoms with E-state index < -0.39 is 10.0 Å². The fourth-order valence-electron chi connectivity index (χ4n) is 2.95. The van der Waals surface area contributed by atoms with Crippen molar-refractivity contribution in [3.63, 3.8) is 0 Å². The van der Waals surface area contributed by atoms with E-state index in [2.05, 4.69) is 15.2 Å². The number of benzene rings is 2. The molecular formula is C22H25N3O6S. The van der Waals surface area contributed by atoms with Crippen LogP contribution in [0.2, 0.25) is 0 Å². The van der Waals surface area contributed by atoms with Crippen molar-refractivity contribution in [1.82, 2.24) is 5.16 Å². The lowest BCUT2D eigenvalue weighted by Gasteiger charge is -2.11. The zero-order chi connectivity index (χ0) is 23.1. The Kier molecular flexibility index (Phi) is 7.37. The monoisotopic (exact) mass is 459 g/mol. The zero-order valence-corrected chi connectivity index (χ0v) is 18.9. The lowest BCUT2D eigenvalue weighted by Crippen LogP contribution is -2.14. The number of nitrogens with one attached hydrogen (secondary N) is 2. The van der Waals surface area contributed by atoms with Gasteiger partial charge in [-0.25, -0.2) is 8.42 Å². The van der Waals surface area contributed by atoms with Gasteiger partial charge in [-0.1, -0.05) is 11.2 Å². The highest BCUT2D eigenvalue weighted by molar-refractivity contribution is 7.92. The quantitative estimate of drug-likeness (QED) is 0.474. The molecule has 0 aliphatic heterocycles. The SMILES string of the molecule is CCOc1ccc(CCC(=O)Nc2ccc(S(=O)(=O)Nc3cc(C)on3)cc2)cc1OC. The van der Waals surface area contributed by atoms with Crippen LogP contribution in [0.5, 0.6) is 11.5 Å². The number of carbonyl (C=O) groups is 1. The van der Waals surface area contributed by atoms with Crippen molar-refractivity contribution in [2.75, 3.05) is 23.8 Å². The van der Waals surface area contributed by atoms with Crippen molar-refractivity contribution < 1.29 is 27.2 Å². The third-order valence-electron chi connectivity index (χ3n) is 4.48. The number of amides is 1. The molecule has 2 aromatic carbocycles. The van der Waals surface area contributed by atoms with Crippen molar-refractivity contribution in [1.29, 1.82) is 0 Å². The molecule has 170 valence electrons. The molecule has 2 N–H and O–H groups in total. The summed E-state index contributed by atoms with van der Waals surface area (Å²) in [6.45, 7) is 4.09. The van der Waals surface area contributed by atoms with E-state index in [1.54, 1.807) is 14.0 Å². The molecule has 0 aliphatic carbocycles. The molecule has 0 saturated heterocycles.